The van der Waals surface area contributed by atoms with Crippen molar-refractivity contribution in [2.24, 2.45) is 7.05 Å². The molecule has 3 aromatic rings. The Kier molecular flexibility index (Phi) is 8.50. The second kappa shape index (κ2) is 10.9. The van der Waals surface area contributed by atoms with Gasteiger partial charge in [0.25, 0.3) is 5.91 Å². The Labute approximate surface area is 225 Å². The monoisotopic (exact) mass is 576 g/mol. The summed E-state index contributed by atoms with van der Waals surface area (Å²) in [5, 5.41) is 16.9. The maximum atomic E-state index is 13.6. The number of amides is 2. The zero-order chi connectivity index (χ0) is 27.7. The van der Waals surface area contributed by atoms with E-state index >= 15 is 0 Å². The molecule has 0 fully saturated rings. The number of nitrogens with zero attached hydrogens (tertiary/aromatic N) is 3. The van der Waals surface area contributed by atoms with Crippen LogP contribution in [0.15, 0.2) is 36.5 Å². The number of rotatable bonds is 7. The number of nitrogens with one attached hydrogen (secondary N) is 1. The smallest absolute Gasteiger partial charge is 0.416 e. The Bertz CT molecular complexity index is 1280. The van der Waals surface area contributed by atoms with Crippen molar-refractivity contribution in [3.05, 3.63) is 61.9 Å². The van der Waals surface area contributed by atoms with Crippen molar-refractivity contribution in [2.75, 3.05) is 6.54 Å². The molecule has 1 aromatic carbocycles. The molecule has 0 aliphatic carbocycles. The maximum Gasteiger partial charge on any atom is 0.416 e. The zero-order valence-corrected chi connectivity index (χ0v) is 22.7. The van der Waals surface area contributed by atoms with Crippen LogP contribution in [0.2, 0.25) is 9.36 Å². The summed E-state index contributed by atoms with van der Waals surface area (Å²) in [7, 11) is 1.66. The highest BCUT2D eigenvalue weighted by molar-refractivity contribution is 7.18. The van der Waals surface area contributed by atoms with E-state index in [4.69, 9.17) is 23.2 Å². The third-order valence-electron chi connectivity index (χ3n) is 5.63. The van der Waals surface area contributed by atoms with Crippen LogP contribution < -0.4 is 5.32 Å². The molecule has 0 aliphatic rings. The lowest BCUT2D eigenvalue weighted by Gasteiger charge is -2.36. The van der Waals surface area contributed by atoms with Crippen LogP contribution in [0.5, 0.6) is 0 Å². The SMILES string of the molecule is Cn1ncc(Cl)c1-c1cc(C(=O)N[C@H](Cc2ccccc2C(F)(F)F)CN(C(=O)O)C(C)(C)C)sc1Cl. The number of alkyl halides is 3. The molecule has 13 heteroatoms. The first-order valence-corrected chi connectivity index (χ1v) is 12.6. The minimum Gasteiger partial charge on any atom is -0.465 e. The van der Waals surface area contributed by atoms with E-state index in [-0.39, 0.29) is 27.7 Å². The van der Waals surface area contributed by atoms with Crippen molar-refractivity contribution < 1.29 is 27.9 Å². The largest absolute Gasteiger partial charge is 0.465 e. The second-order valence-corrected chi connectivity index (χ2v) is 11.4. The number of carbonyl (C=O) groups is 2. The fourth-order valence-corrected chi connectivity index (χ4v) is 5.32. The van der Waals surface area contributed by atoms with Crippen LogP contribution in [0, 0.1) is 0 Å². The van der Waals surface area contributed by atoms with E-state index in [0.29, 0.717) is 16.3 Å². The Hall–Kier alpha value is -2.76. The Morgan fingerprint density at radius 3 is 2.41 bits per heavy atom. The zero-order valence-electron chi connectivity index (χ0n) is 20.4. The van der Waals surface area contributed by atoms with Gasteiger partial charge in [0.15, 0.2) is 0 Å². The number of hydrogen-bond acceptors (Lipinski definition) is 4. The molecule has 2 N–H and O–H groups in total. The van der Waals surface area contributed by atoms with Crippen LogP contribution >= 0.6 is 34.5 Å². The van der Waals surface area contributed by atoms with Crippen LogP contribution in [-0.2, 0) is 19.6 Å². The van der Waals surface area contributed by atoms with Crippen molar-refractivity contribution in [1.29, 1.82) is 0 Å². The van der Waals surface area contributed by atoms with E-state index in [0.717, 1.165) is 22.3 Å². The topological polar surface area (TPSA) is 87.5 Å². The minimum absolute atomic E-state index is 0.0638. The molecule has 0 aliphatic heterocycles. The molecule has 0 unspecified atom stereocenters. The summed E-state index contributed by atoms with van der Waals surface area (Å²) in [6.07, 6.45) is -4.68. The van der Waals surface area contributed by atoms with Gasteiger partial charge in [0.2, 0.25) is 0 Å². The average Bonchev–Trinajstić information content (AvgIpc) is 3.31. The molecule has 7 nitrogen and oxygen atoms in total. The number of halogens is 5. The summed E-state index contributed by atoms with van der Waals surface area (Å²) >= 11 is 13.5. The van der Waals surface area contributed by atoms with Gasteiger partial charge in [-0.05, 0) is 44.9 Å². The van der Waals surface area contributed by atoms with Gasteiger partial charge in [-0.15, -0.1) is 11.3 Å². The van der Waals surface area contributed by atoms with Crippen LogP contribution in [0.25, 0.3) is 11.3 Å². The molecule has 0 radical (unpaired) electrons. The number of aromatic nitrogens is 2. The normalized spacial score (nSPS) is 12.9. The van der Waals surface area contributed by atoms with Gasteiger partial charge >= 0.3 is 12.3 Å². The molecule has 1 atom stereocenters. The Morgan fingerprint density at radius 2 is 1.86 bits per heavy atom. The molecule has 0 spiro atoms. The molecule has 2 aromatic heterocycles. The summed E-state index contributed by atoms with van der Waals surface area (Å²) in [6.45, 7) is 4.74. The molecule has 200 valence electrons. The van der Waals surface area contributed by atoms with Crippen LogP contribution in [0.3, 0.4) is 0 Å². The predicted octanol–water partition coefficient (Wildman–Crippen LogP) is 6.59. The van der Waals surface area contributed by atoms with Crippen LogP contribution in [0.4, 0.5) is 18.0 Å². The fraction of sp³-hybridized carbons (Fsp3) is 0.375. The third kappa shape index (κ3) is 6.77. The first-order chi connectivity index (χ1) is 17.1. The number of thiophene rings is 1. The minimum atomic E-state index is -4.61. The van der Waals surface area contributed by atoms with Gasteiger partial charge in [-0.2, -0.15) is 18.3 Å². The highest BCUT2D eigenvalue weighted by Crippen LogP contribution is 2.39. The van der Waals surface area contributed by atoms with E-state index < -0.39 is 35.3 Å². The summed E-state index contributed by atoms with van der Waals surface area (Å²) in [5.74, 6) is -0.606. The van der Waals surface area contributed by atoms with E-state index in [1.165, 1.54) is 35.1 Å². The lowest BCUT2D eigenvalue weighted by Crippen LogP contribution is -2.53. The summed E-state index contributed by atoms with van der Waals surface area (Å²) in [4.78, 5) is 26.5. The molecular formula is C24H25Cl2F3N4O3S. The van der Waals surface area contributed by atoms with Crippen molar-refractivity contribution in [3.63, 3.8) is 0 Å². The Balaban J connectivity index is 1.96. The van der Waals surface area contributed by atoms with Crippen molar-refractivity contribution in [3.8, 4) is 11.3 Å². The standard InChI is InChI=1S/C24H25Cl2F3N4O3S/c1-23(2,3)33(22(35)36)12-14(9-13-7-5-6-8-16(13)24(27,28)29)31-21(34)18-10-15(20(26)37-18)19-17(25)11-30-32(19)4/h5-8,10-11,14H,9,12H2,1-4H3,(H,31,34)(H,35,36)/t14-/m1/s1. The lowest BCUT2D eigenvalue weighted by molar-refractivity contribution is -0.138. The lowest BCUT2D eigenvalue weighted by atomic mass is 9.97. The molecular weight excluding hydrogens is 552 g/mol. The quantitative estimate of drug-likeness (QED) is 0.332. The van der Waals surface area contributed by atoms with Crippen LogP contribution in [0.1, 0.15) is 41.6 Å². The third-order valence-corrected chi connectivity index (χ3v) is 7.26. The summed E-state index contributed by atoms with van der Waals surface area (Å²) in [5.41, 5.74) is -0.802. The number of carbonyl (C=O) groups excluding carboxylic acids is 1. The van der Waals surface area contributed by atoms with Gasteiger partial charge in [0, 0.05) is 24.7 Å². The summed E-state index contributed by atoms with van der Waals surface area (Å²) in [6, 6.07) is 5.55. The van der Waals surface area contributed by atoms with Gasteiger partial charge in [0.05, 0.1) is 33.4 Å². The van der Waals surface area contributed by atoms with E-state index in [2.05, 4.69) is 10.4 Å². The number of carboxylic acid groups (broad SMARTS) is 1. The molecule has 0 bridgehead atoms. The predicted molar refractivity (Wildman–Crippen MR) is 137 cm³/mol. The molecule has 2 heterocycles. The van der Waals surface area contributed by atoms with Gasteiger partial charge in [-0.1, -0.05) is 41.4 Å². The molecule has 37 heavy (non-hydrogen) atoms. The van der Waals surface area contributed by atoms with Crippen LogP contribution in [-0.4, -0.2) is 49.9 Å². The molecule has 0 saturated carbocycles. The van der Waals surface area contributed by atoms with Crippen molar-refractivity contribution >= 4 is 46.5 Å². The van der Waals surface area contributed by atoms with Crippen molar-refractivity contribution in [2.45, 2.75) is 44.9 Å². The fourth-order valence-electron chi connectivity index (χ4n) is 3.87. The number of benzene rings is 1. The summed E-state index contributed by atoms with van der Waals surface area (Å²) < 4.78 is 42.7. The molecule has 0 saturated heterocycles. The van der Waals surface area contributed by atoms with Crippen molar-refractivity contribution in [1.82, 2.24) is 20.0 Å². The molecule has 3 rings (SSSR count). The Morgan fingerprint density at radius 1 is 1.22 bits per heavy atom. The van der Waals surface area contributed by atoms with E-state index in [1.54, 1.807) is 27.8 Å². The first kappa shape index (κ1) is 28.8. The van der Waals surface area contributed by atoms with E-state index in [9.17, 15) is 27.9 Å². The van der Waals surface area contributed by atoms with Gasteiger partial charge in [-0.3, -0.25) is 9.48 Å². The highest BCUT2D eigenvalue weighted by atomic mass is 35.5. The van der Waals surface area contributed by atoms with Gasteiger partial charge in [0.1, 0.15) is 4.34 Å². The highest BCUT2D eigenvalue weighted by Gasteiger charge is 2.35. The maximum absolute atomic E-state index is 13.6. The second-order valence-electron chi connectivity index (χ2n) is 9.36. The average molecular weight is 577 g/mol. The van der Waals surface area contributed by atoms with Gasteiger partial charge in [-0.25, -0.2) is 4.79 Å². The van der Waals surface area contributed by atoms with E-state index in [1.807, 2.05) is 0 Å². The van der Waals surface area contributed by atoms with Gasteiger partial charge < -0.3 is 15.3 Å². The number of hydrogen-bond donors (Lipinski definition) is 2. The first-order valence-electron chi connectivity index (χ1n) is 11.0. The number of aryl methyl sites for hydroxylation is 1. The molecule has 2 amide bonds.